The SMILES string of the molecule is CCCn1c(=O)c2ccccc2n2c(SCc3ccc(Cl)c4cccnc34)nnc12. The van der Waals surface area contributed by atoms with E-state index in [1.165, 1.54) is 0 Å². The number of aryl methyl sites for hydroxylation is 1. The number of hydrogen-bond donors (Lipinski definition) is 0. The van der Waals surface area contributed by atoms with Gasteiger partial charge >= 0.3 is 0 Å². The molecule has 0 radical (unpaired) electrons. The fraction of sp³-hybridized carbons (Fsp3) is 0.182. The number of hydrogen-bond acceptors (Lipinski definition) is 5. The summed E-state index contributed by atoms with van der Waals surface area (Å²) >= 11 is 7.90. The van der Waals surface area contributed by atoms with Crippen LogP contribution in [0.4, 0.5) is 0 Å². The highest BCUT2D eigenvalue weighted by atomic mass is 35.5. The van der Waals surface area contributed by atoms with E-state index in [1.807, 2.05) is 59.9 Å². The first kappa shape index (κ1) is 19.1. The van der Waals surface area contributed by atoms with Crippen LogP contribution in [0.1, 0.15) is 18.9 Å². The molecular weight excluding hydrogens is 418 g/mol. The molecule has 0 atom stereocenters. The van der Waals surface area contributed by atoms with Gasteiger partial charge in [0.2, 0.25) is 5.78 Å². The molecule has 6 nitrogen and oxygen atoms in total. The average molecular weight is 436 g/mol. The molecule has 0 N–H and O–H groups in total. The van der Waals surface area contributed by atoms with E-state index < -0.39 is 0 Å². The van der Waals surface area contributed by atoms with E-state index in [2.05, 4.69) is 15.2 Å². The summed E-state index contributed by atoms with van der Waals surface area (Å²) in [6.07, 6.45) is 2.61. The van der Waals surface area contributed by atoms with Gasteiger partial charge in [-0.15, -0.1) is 10.2 Å². The molecule has 0 amide bonds. The summed E-state index contributed by atoms with van der Waals surface area (Å²) in [5.74, 6) is 1.23. The minimum Gasteiger partial charge on any atom is -0.276 e. The molecule has 3 aromatic heterocycles. The summed E-state index contributed by atoms with van der Waals surface area (Å²) in [6, 6.07) is 15.4. The van der Waals surface area contributed by atoms with Crippen molar-refractivity contribution < 1.29 is 0 Å². The number of benzene rings is 2. The van der Waals surface area contributed by atoms with Crippen LogP contribution in [-0.4, -0.2) is 24.1 Å². The molecule has 0 spiro atoms. The van der Waals surface area contributed by atoms with Crippen LogP contribution in [0.5, 0.6) is 0 Å². The maximum absolute atomic E-state index is 13.0. The van der Waals surface area contributed by atoms with Crippen molar-refractivity contribution in [2.24, 2.45) is 0 Å². The van der Waals surface area contributed by atoms with Crippen molar-refractivity contribution in [3.63, 3.8) is 0 Å². The minimum absolute atomic E-state index is 0.0307. The number of aromatic nitrogens is 5. The Kier molecular flexibility index (Phi) is 4.92. The Bertz CT molecular complexity index is 1460. The van der Waals surface area contributed by atoms with Gasteiger partial charge in [0.05, 0.1) is 16.4 Å². The Morgan fingerprint density at radius 3 is 2.73 bits per heavy atom. The molecule has 0 unspecified atom stereocenters. The van der Waals surface area contributed by atoms with Gasteiger partial charge < -0.3 is 0 Å². The predicted molar refractivity (Wildman–Crippen MR) is 121 cm³/mol. The standard InChI is InChI=1S/C22H18ClN5OS/c1-2-12-27-20(29)16-6-3-4-8-18(16)28-21(27)25-26-22(28)30-13-14-9-10-17(23)15-7-5-11-24-19(14)15/h3-11H,2,12-13H2,1H3. The van der Waals surface area contributed by atoms with Crippen LogP contribution in [-0.2, 0) is 12.3 Å². The van der Waals surface area contributed by atoms with E-state index in [0.717, 1.165) is 33.6 Å². The lowest BCUT2D eigenvalue weighted by Gasteiger charge is -2.10. The molecule has 0 fully saturated rings. The second kappa shape index (κ2) is 7.74. The van der Waals surface area contributed by atoms with Crippen LogP contribution in [0.15, 0.2) is 64.7 Å². The van der Waals surface area contributed by atoms with Gasteiger partial charge in [0, 0.05) is 28.9 Å². The lowest BCUT2D eigenvalue weighted by Crippen LogP contribution is -2.23. The number of rotatable bonds is 5. The Balaban J connectivity index is 1.63. The zero-order valence-electron chi connectivity index (χ0n) is 16.2. The summed E-state index contributed by atoms with van der Waals surface area (Å²) < 4.78 is 3.68. The summed E-state index contributed by atoms with van der Waals surface area (Å²) in [7, 11) is 0. The van der Waals surface area contributed by atoms with Crippen LogP contribution >= 0.6 is 23.4 Å². The van der Waals surface area contributed by atoms with Crippen LogP contribution in [0.2, 0.25) is 5.02 Å². The molecule has 0 saturated carbocycles. The third-order valence-corrected chi connectivity index (χ3v) is 6.39. The minimum atomic E-state index is -0.0307. The summed E-state index contributed by atoms with van der Waals surface area (Å²) in [6.45, 7) is 2.64. The lowest BCUT2D eigenvalue weighted by molar-refractivity contribution is 0.662. The largest absolute Gasteiger partial charge is 0.276 e. The third kappa shape index (κ3) is 3.05. The molecule has 0 aliphatic carbocycles. The molecular formula is C22H18ClN5OS. The molecule has 30 heavy (non-hydrogen) atoms. The van der Waals surface area contributed by atoms with Gasteiger partial charge in [0.25, 0.3) is 5.56 Å². The predicted octanol–water partition coefficient (Wildman–Crippen LogP) is 4.95. The Hall–Kier alpha value is -2.90. The lowest BCUT2D eigenvalue weighted by atomic mass is 10.1. The molecule has 8 heteroatoms. The van der Waals surface area contributed by atoms with Gasteiger partial charge in [-0.3, -0.25) is 18.7 Å². The molecule has 0 bridgehead atoms. The van der Waals surface area contributed by atoms with E-state index >= 15 is 0 Å². The van der Waals surface area contributed by atoms with Gasteiger partial charge in [-0.05, 0) is 42.3 Å². The van der Waals surface area contributed by atoms with Gasteiger partial charge in [-0.1, -0.05) is 48.5 Å². The molecule has 3 heterocycles. The highest BCUT2D eigenvalue weighted by Crippen LogP contribution is 2.30. The smallest absolute Gasteiger partial charge is 0.262 e. The monoisotopic (exact) mass is 435 g/mol. The molecule has 0 saturated heterocycles. The van der Waals surface area contributed by atoms with E-state index in [-0.39, 0.29) is 5.56 Å². The number of thioether (sulfide) groups is 1. The van der Waals surface area contributed by atoms with Crippen molar-refractivity contribution in [3.8, 4) is 0 Å². The van der Waals surface area contributed by atoms with Crippen LogP contribution < -0.4 is 5.56 Å². The number of nitrogens with zero attached hydrogens (tertiary/aromatic N) is 5. The van der Waals surface area contributed by atoms with Crippen LogP contribution in [0.25, 0.3) is 27.6 Å². The Labute approximate surface area is 181 Å². The van der Waals surface area contributed by atoms with E-state index in [4.69, 9.17) is 11.6 Å². The maximum atomic E-state index is 13.0. The van der Waals surface area contributed by atoms with Crippen molar-refractivity contribution >= 4 is 50.9 Å². The fourth-order valence-electron chi connectivity index (χ4n) is 3.71. The molecule has 5 aromatic rings. The van der Waals surface area contributed by atoms with Crippen molar-refractivity contribution in [2.75, 3.05) is 0 Å². The van der Waals surface area contributed by atoms with E-state index in [0.29, 0.717) is 28.5 Å². The number of fused-ring (bicyclic) bond motifs is 4. The second-order valence-corrected chi connectivity index (χ2v) is 8.34. The maximum Gasteiger partial charge on any atom is 0.262 e. The van der Waals surface area contributed by atoms with Crippen molar-refractivity contribution in [3.05, 3.63) is 75.7 Å². The second-order valence-electron chi connectivity index (χ2n) is 6.99. The zero-order valence-corrected chi connectivity index (χ0v) is 17.8. The van der Waals surface area contributed by atoms with Gasteiger partial charge in [0.1, 0.15) is 0 Å². The van der Waals surface area contributed by atoms with Crippen molar-refractivity contribution in [2.45, 2.75) is 30.8 Å². The third-order valence-electron chi connectivity index (χ3n) is 5.08. The fourth-order valence-corrected chi connectivity index (χ4v) is 4.85. The number of pyridine rings is 1. The van der Waals surface area contributed by atoms with E-state index in [9.17, 15) is 4.79 Å². The molecule has 0 aliphatic heterocycles. The number of para-hydroxylation sites is 1. The van der Waals surface area contributed by atoms with Gasteiger partial charge in [-0.2, -0.15) is 0 Å². The quantitative estimate of drug-likeness (QED) is 0.365. The first-order valence-electron chi connectivity index (χ1n) is 9.70. The summed E-state index contributed by atoms with van der Waals surface area (Å²) in [5.41, 5.74) is 2.75. The van der Waals surface area contributed by atoms with E-state index in [1.54, 1.807) is 22.5 Å². The van der Waals surface area contributed by atoms with Crippen molar-refractivity contribution in [1.29, 1.82) is 0 Å². The molecule has 2 aromatic carbocycles. The average Bonchev–Trinajstić information content (AvgIpc) is 3.20. The summed E-state index contributed by atoms with van der Waals surface area (Å²) in [4.78, 5) is 17.5. The molecule has 5 rings (SSSR count). The first-order valence-corrected chi connectivity index (χ1v) is 11.1. The van der Waals surface area contributed by atoms with Crippen molar-refractivity contribution in [1.82, 2.24) is 24.1 Å². The van der Waals surface area contributed by atoms with Gasteiger partial charge in [0.15, 0.2) is 5.16 Å². The zero-order chi connectivity index (χ0) is 20.7. The number of halogens is 1. The first-order chi connectivity index (χ1) is 14.7. The highest BCUT2D eigenvalue weighted by molar-refractivity contribution is 7.98. The van der Waals surface area contributed by atoms with Crippen LogP contribution in [0, 0.1) is 0 Å². The Morgan fingerprint density at radius 1 is 1.03 bits per heavy atom. The molecule has 150 valence electrons. The van der Waals surface area contributed by atoms with Crippen LogP contribution in [0.3, 0.4) is 0 Å². The Morgan fingerprint density at radius 2 is 1.87 bits per heavy atom. The highest BCUT2D eigenvalue weighted by Gasteiger charge is 2.17. The summed E-state index contributed by atoms with van der Waals surface area (Å²) in [5, 5.41) is 11.8. The van der Waals surface area contributed by atoms with Gasteiger partial charge in [-0.25, -0.2) is 0 Å². The topological polar surface area (TPSA) is 65.1 Å². The normalized spacial score (nSPS) is 11.7. The molecule has 0 aliphatic rings.